The van der Waals surface area contributed by atoms with Gasteiger partial charge in [-0.2, -0.15) is 0 Å². The Morgan fingerprint density at radius 2 is 2.19 bits per heavy atom. The molecule has 90 valence electrons. The Morgan fingerprint density at radius 3 is 2.62 bits per heavy atom. The highest BCUT2D eigenvalue weighted by atomic mass is 16.5. The van der Waals surface area contributed by atoms with Crippen molar-refractivity contribution >= 4 is 5.97 Å². The number of hydrogen-bond acceptors (Lipinski definition) is 2. The largest absolute Gasteiger partial charge is 0.478 e. The maximum atomic E-state index is 11.0. The fourth-order valence-corrected chi connectivity index (χ4v) is 2.03. The average molecular weight is 225 g/mol. The molecule has 4 nitrogen and oxygen atoms in total. The van der Waals surface area contributed by atoms with Crippen LogP contribution in [0.5, 0.6) is 0 Å². The molecule has 0 radical (unpaired) electrons. The second-order valence-electron chi connectivity index (χ2n) is 3.97. The van der Waals surface area contributed by atoms with Crippen LogP contribution < -0.4 is 0 Å². The van der Waals surface area contributed by atoms with Crippen molar-refractivity contribution in [2.75, 3.05) is 13.2 Å². The van der Waals surface area contributed by atoms with E-state index in [1.165, 1.54) is 0 Å². The molecule has 1 aromatic heterocycles. The van der Waals surface area contributed by atoms with E-state index < -0.39 is 5.97 Å². The van der Waals surface area contributed by atoms with Crippen molar-refractivity contribution in [3.8, 4) is 0 Å². The van der Waals surface area contributed by atoms with Crippen molar-refractivity contribution in [2.24, 2.45) is 0 Å². The van der Waals surface area contributed by atoms with Gasteiger partial charge in [0.15, 0.2) is 0 Å². The highest BCUT2D eigenvalue weighted by molar-refractivity contribution is 5.89. The minimum absolute atomic E-state index is 0.160. The number of carboxylic acids is 1. The van der Waals surface area contributed by atoms with E-state index in [-0.39, 0.29) is 6.04 Å². The lowest BCUT2D eigenvalue weighted by Gasteiger charge is -2.18. The summed E-state index contributed by atoms with van der Waals surface area (Å²) in [4.78, 5) is 11.0. The number of carboxylic acid groups (broad SMARTS) is 1. The zero-order valence-electron chi connectivity index (χ0n) is 10.3. The van der Waals surface area contributed by atoms with E-state index >= 15 is 0 Å². The van der Waals surface area contributed by atoms with Crippen LogP contribution >= 0.6 is 0 Å². The van der Waals surface area contributed by atoms with E-state index in [9.17, 15) is 4.79 Å². The van der Waals surface area contributed by atoms with Gasteiger partial charge in [-0.05, 0) is 33.8 Å². The normalized spacial score (nSPS) is 12.8. The summed E-state index contributed by atoms with van der Waals surface area (Å²) in [5.41, 5.74) is 2.13. The smallest absolute Gasteiger partial charge is 0.337 e. The first-order chi connectivity index (χ1) is 7.49. The minimum Gasteiger partial charge on any atom is -0.478 e. The van der Waals surface area contributed by atoms with E-state index in [0.29, 0.717) is 18.8 Å². The molecule has 1 unspecified atom stereocenters. The number of hydrogen-bond donors (Lipinski definition) is 1. The van der Waals surface area contributed by atoms with Crippen molar-refractivity contribution in [3.05, 3.63) is 23.0 Å². The molecular weight excluding hydrogens is 206 g/mol. The molecule has 4 heteroatoms. The molecule has 0 bridgehead atoms. The summed E-state index contributed by atoms with van der Waals surface area (Å²) in [6.07, 6.45) is 0. The first-order valence-corrected chi connectivity index (χ1v) is 5.48. The lowest BCUT2D eigenvalue weighted by atomic mass is 10.2. The van der Waals surface area contributed by atoms with Gasteiger partial charge in [0.2, 0.25) is 0 Å². The van der Waals surface area contributed by atoms with Crippen LogP contribution in [0.2, 0.25) is 0 Å². The molecule has 0 aliphatic rings. The second kappa shape index (κ2) is 5.16. The molecule has 0 aliphatic carbocycles. The first kappa shape index (κ1) is 12.8. The van der Waals surface area contributed by atoms with Gasteiger partial charge in [-0.15, -0.1) is 0 Å². The molecule has 1 N–H and O–H groups in total. The summed E-state index contributed by atoms with van der Waals surface area (Å²) >= 11 is 0. The maximum Gasteiger partial charge on any atom is 0.337 e. The molecule has 0 spiro atoms. The summed E-state index contributed by atoms with van der Waals surface area (Å²) in [5, 5.41) is 9.02. The Morgan fingerprint density at radius 1 is 1.56 bits per heavy atom. The maximum absolute atomic E-state index is 11.0. The predicted molar refractivity (Wildman–Crippen MR) is 62.1 cm³/mol. The molecule has 0 saturated carbocycles. The fraction of sp³-hybridized carbons (Fsp3) is 0.583. The van der Waals surface area contributed by atoms with Gasteiger partial charge in [-0.1, -0.05) is 0 Å². The molecule has 1 atom stereocenters. The molecule has 0 aromatic carbocycles. The molecule has 0 aliphatic heterocycles. The monoisotopic (exact) mass is 225 g/mol. The highest BCUT2D eigenvalue weighted by Gasteiger charge is 2.17. The predicted octanol–water partition coefficient (Wildman–Crippen LogP) is 2.40. The van der Waals surface area contributed by atoms with E-state index in [4.69, 9.17) is 9.84 Å². The summed E-state index contributed by atoms with van der Waals surface area (Å²) in [7, 11) is 0. The van der Waals surface area contributed by atoms with E-state index in [1.54, 1.807) is 6.07 Å². The standard InChI is InChI=1S/C12H19NO3/c1-5-16-7-9(3)13-8(2)6-11(10(13)4)12(14)15/h6,9H,5,7H2,1-4H3,(H,14,15). The Labute approximate surface area is 95.8 Å². The van der Waals surface area contributed by atoms with Crippen LogP contribution in [0.15, 0.2) is 6.07 Å². The SMILES string of the molecule is CCOCC(C)n1c(C)cc(C(=O)O)c1C. The Balaban J connectivity index is 2.99. The minimum atomic E-state index is -0.872. The number of ether oxygens (including phenoxy) is 1. The topological polar surface area (TPSA) is 51.5 Å². The summed E-state index contributed by atoms with van der Waals surface area (Å²) in [6, 6.07) is 1.87. The van der Waals surface area contributed by atoms with Crippen molar-refractivity contribution in [1.82, 2.24) is 4.57 Å². The van der Waals surface area contributed by atoms with Crippen molar-refractivity contribution in [2.45, 2.75) is 33.7 Å². The van der Waals surface area contributed by atoms with Crippen LogP contribution in [0, 0.1) is 13.8 Å². The number of rotatable bonds is 5. The van der Waals surface area contributed by atoms with Crippen LogP contribution in [-0.2, 0) is 4.74 Å². The molecule has 1 aromatic rings. The van der Waals surface area contributed by atoms with Gasteiger partial charge in [-0.3, -0.25) is 0 Å². The first-order valence-electron chi connectivity index (χ1n) is 5.48. The highest BCUT2D eigenvalue weighted by Crippen LogP contribution is 2.20. The van der Waals surface area contributed by atoms with Gasteiger partial charge in [0, 0.05) is 18.0 Å². The van der Waals surface area contributed by atoms with Gasteiger partial charge in [0.25, 0.3) is 0 Å². The molecule has 0 saturated heterocycles. The van der Waals surface area contributed by atoms with E-state index in [0.717, 1.165) is 11.4 Å². The van der Waals surface area contributed by atoms with Gasteiger partial charge < -0.3 is 14.4 Å². The van der Waals surface area contributed by atoms with Crippen LogP contribution in [0.3, 0.4) is 0 Å². The summed E-state index contributed by atoms with van der Waals surface area (Å²) in [5.74, 6) is -0.872. The number of aryl methyl sites for hydroxylation is 1. The van der Waals surface area contributed by atoms with Gasteiger partial charge in [0.05, 0.1) is 18.2 Å². The van der Waals surface area contributed by atoms with E-state index in [2.05, 4.69) is 0 Å². The van der Waals surface area contributed by atoms with Crippen molar-refractivity contribution < 1.29 is 14.6 Å². The average Bonchev–Trinajstić information content (AvgIpc) is 2.51. The number of aromatic carboxylic acids is 1. The zero-order chi connectivity index (χ0) is 12.3. The number of aromatic nitrogens is 1. The zero-order valence-corrected chi connectivity index (χ0v) is 10.3. The third kappa shape index (κ3) is 2.44. The summed E-state index contributed by atoms with van der Waals surface area (Å²) < 4.78 is 7.37. The second-order valence-corrected chi connectivity index (χ2v) is 3.97. The lowest BCUT2D eigenvalue weighted by molar-refractivity contribution is 0.0695. The molecular formula is C12H19NO3. The molecule has 0 amide bonds. The quantitative estimate of drug-likeness (QED) is 0.837. The van der Waals surface area contributed by atoms with Crippen LogP contribution in [0.4, 0.5) is 0 Å². The Bertz CT molecular complexity index is 382. The third-order valence-corrected chi connectivity index (χ3v) is 2.72. The summed E-state index contributed by atoms with van der Waals surface area (Å²) in [6.45, 7) is 9.01. The molecule has 1 heterocycles. The lowest BCUT2D eigenvalue weighted by Crippen LogP contribution is -2.15. The fourth-order valence-electron chi connectivity index (χ4n) is 2.03. The molecule has 1 rings (SSSR count). The van der Waals surface area contributed by atoms with Gasteiger partial charge in [-0.25, -0.2) is 4.79 Å². The van der Waals surface area contributed by atoms with Crippen LogP contribution in [0.25, 0.3) is 0 Å². The van der Waals surface area contributed by atoms with Crippen LogP contribution in [-0.4, -0.2) is 28.9 Å². The number of carbonyl (C=O) groups is 1. The van der Waals surface area contributed by atoms with Gasteiger partial charge in [0.1, 0.15) is 0 Å². The number of nitrogens with zero attached hydrogens (tertiary/aromatic N) is 1. The van der Waals surface area contributed by atoms with Crippen LogP contribution in [0.1, 0.15) is 41.6 Å². The van der Waals surface area contributed by atoms with Gasteiger partial charge >= 0.3 is 5.97 Å². The third-order valence-electron chi connectivity index (χ3n) is 2.72. The Hall–Kier alpha value is -1.29. The molecule has 0 fully saturated rings. The molecule has 16 heavy (non-hydrogen) atoms. The van der Waals surface area contributed by atoms with E-state index in [1.807, 2.05) is 32.3 Å². The van der Waals surface area contributed by atoms with Crippen molar-refractivity contribution in [3.63, 3.8) is 0 Å². The Kier molecular flexibility index (Phi) is 4.12. The van der Waals surface area contributed by atoms with Crippen molar-refractivity contribution in [1.29, 1.82) is 0 Å².